The summed E-state index contributed by atoms with van der Waals surface area (Å²) in [7, 11) is 3.27. The zero-order valence-electron chi connectivity index (χ0n) is 22.1. The fourth-order valence-corrected chi connectivity index (χ4v) is 5.10. The molecule has 0 bridgehead atoms. The van der Waals surface area contributed by atoms with Gasteiger partial charge < -0.3 is 19.2 Å². The minimum absolute atomic E-state index is 0.112. The van der Waals surface area contributed by atoms with Crippen LogP contribution in [0.5, 0.6) is 11.5 Å². The summed E-state index contributed by atoms with van der Waals surface area (Å²) in [5.41, 5.74) is 2.39. The normalized spacial score (nSPS) is 16.3. The molecule has 2 aromatic heterocycles. The van der Waals surface area contributed by atoms with E-state index in [4.69, 9.17) is 14.2 Å². The Morgan fingerprint density at radius 1 is 1.11 bits per heavy atom. The first-order valence-electron chi connectivity index (χ1n) is 13.0. The molecule has 3 heterocycles. The highest BCUT2D eigenvalue weighted by Crippen LogP contribution is 2.28. The summed E-state index contributed by atoms with van der Waals surface area (Å²) >= 11 is 0. The van der Waals surface area contributed by atoms with Crippen LogP contribution in [0.2, 0.25) is 0 Å². The zero-order chi connectivity index (χ0) is 26.5. The van der Waals surface area contributed by atoms with E-state index in [0.717, 1.165) is 53.9 Å². The first kappa shape index (κ1) is 25.9. The summed E-state index contributed by atoms with van der Waals surface area (Å²) in [6.07, 6.45) is 2.94. The average Bonchev–Trinajstić information content (AvgIpc) is 3.62. The molecule has 2 atom stereocenters. The minimum Gasteiger partial charge on any atom is -0.497 e. The number of tetrazole rings is 1. The Kier molecular flexibility index (Phi) is 8.00. The topological polar surface area (TPSA) is 107 Å². The van der Waals surface area contributed by atoms with Crippen LogP contribution in [-0.2, 0) is 24.4 Å². The summed E-state index contributed by atoms with van der Waals surface area (Å²) in [4.78, 5) is 18.5. The Morgan fingerprint density at radius 3 is 2.61 bits per heavy atom. The Labute approximate surface area is 221 Å². The maximum Gasteiger partial charge on any atom is 0.252 e. The van der Waals surface area contributed by atoms with Crippen molar-refractivity contribution in [3.63, 3.8) is 0 Å². The molecule has 1 aliphatic rings. The summed E-state index contributed by atoms with van der Waals surface area (Å²) < 4.78 is 18.4. The smallest absolute Gasteiger partial charge is 0.252 e. The van der Waals surface area contributed by atoms with Crippen molar-refractivity contribution < 1.29 is 14.2 Å². The fraction of sp³-hybridized carbons (Fsp3) is 0.429. The molecule has 0 radical (unpaired) electrons. The summed E-state index contributed by atoms with van der Waals surface area (Å²) in [6.45, 7) is 4.55. The van der Waals surface area contributed by atoms with E-state index in [-0.39, 0.29) is 17.7 Å². The van der Waals surface area contributed by atoms with Crippen molar-refractivity contribution >= 4 is 10.9 Å². The average molecular weight is 519 g/mol. The number of rotatable bonds is 11. The quantitative estimate of drug-likeness (QED) is 0.319. The second-order valence-electron chi connectivity index (χ2n) is 9.61. The van der Waals surface area contributed by atoms with Crippen molar-refractivity contribution in [1.82, 2.24) is 30.1 Å². The number of fused-ring (bicyclic) bond motifs is 1. The van der Waals surface area contributed by atoms with Gasteiger partial charge in [0.1, 0.15) is 11.5 Å². The SMILES string of the molecule is CCC(c1nnnn1CC1CCCO1)N(Cc1ccc(OC)cc1)Cc1cc2ccc(OC)cc2[nH]c1=O. The number of H-pyrrole nitrogens is 1. The molecule has 0 aliphatic carbocycles. The monoisotopic (exact) mass is 518 g/mol. The number of nitrogens with zero attached hydrogens (tertiary/aromatic N) is 5. The van der Waals surface area contributed by atoms with Gasteiger partial charge in [-0.25, -0.2) is 4.68 Å². The molecular formula is C28H34N6O4. The highest BCUT2D eigenvalue weighted by molar-refractivity contribution is 5.80. The van der Waals surface area contributed by atoms with Crippen LogP contribution in [0, 0.1) is 0 Å². The highest BCUT2D eigenvalue weighted by Gasteiger charge is 2.28. The predicted molar refractivity (Wildman–Crippen MR) is 143 cm³/mol. The molecule has 0 saturated carbocycles. The lowest BCUT2D eigenvalue weighted by Crippen LogP contribution is -2.33. The molecule has 1 saturated heterocycles. The first-order valence-corrected chi connectivity index (χ1v) is 13.0. The number of ether oxygens (including phenoxy) is 3. The van der Waals surface area contributed by atoms with E-state index in [1.165, 1.54) is 0 Å². The molecular weight excluding hydrogens is 484 g/mol. The number of pyridine rings is 1. The number of aromatic amines is 1. The maximum absolute atomic E-state index is 13.2. The number of benzene rings is 2. The van der Waals surface area contributed by atoms with Crippen molar-refractivity contribution in [2.45, 2.75) is 58.0 Å². The van der Waals surface area contributed by atoms with E-state index in [1.54, 1.807) is 14.2 Å². The minimum atomic E-state index is -0.126. The van der Waals surface area contributed by atoms with E-state index in [2.05, 4.69) is 32.3 Å². The molecule has 38 heavy (non-hydrogen) atoms. The standard InChI is InChI=1S/C28H34N6O4/c1-4-26(27-30-31-32-34(27)18-24-6-5-13-38-24)33(16-19-7-10-22(36-2)11-8-19)17-21-14-20-9-12-23(37-3)15-25(20)29-28(21)35/h7-12,14-15,24,26H,4-6,13,16-18H2,1-3H3,(H,29,35). The third kappa shape index (κ3) is 5.71. The molecule has 2 aromatic carbocycles. The van der Waals surface area contributed by atoms with Crippen molar-refractivity contribution in [3.8, 4) is 11.5 Å². The summed E-state index contributed by atoms with van der Waals surface area (Å²) in [5.74, 6) is 2.28. The van der Waals surface area contributed by atoms with Gasteiger partial charge in [0, 0.05) is 31.3 Å². The predicted octanol–water partition coefficient (Wildman–Crippen LogP) is 3.86. The van der Waals surface area contributed by atoms with Gasteiger partial charge in [-0.3, -0.25) is 9.69 Å². The molecule has 5 rings (SSSR count). The number of methoxy groups -OCH3 is 2. The van der Waals surface area contributed by atoms with E-state index >= 15 is 0 Å². The Balaban J connectivity index is 1.49. The van der Waals surface area contributed by atoms with Gasteiger partial charge in [0.15, 0.2) is 5.82 Å². The van der Waals surface area contributed by atoms with Crippen molar-refractivity contribution in [1.29, 1.82) is 0 Å². The van der Waals surface area contributed by atoms with Gasteiger partial charge in [0.25, 0.3) is 5.56 Å². The van der Waals surface area contributed by atoms with Gasteiger partial charge in [0.2, 0.25) is 0 Å². The molecule has 1 fully saturated rings. The first-order chi connectivity index (χ1) is 18.6. The lowest BCUT2D eigenvalue weighted by Gasteiger charge is -2.30. The number of hydrogen-bond acceptors (Lipinski definition) is 8. The van der Waals surface area contributed by atoms with E-state index in [1.807, 2.05) is 53.2 Å². The van der Waals surface area contributed by atoms with Gasteiger partial charge in [-0.05, 0) is 71.0 Å². The molecule has 4 aromatic rings. The highest BCUT2D eigenvalue weighted by atomic mass is 16.5. The van der Waals surface area contributed by atoms with Crippen molar-refractivity contribution in [2.24, 2.45) is 0 Å². The number of hydrogen-bond donors (Lipinski definition) is 1. The van der Waals surface area contributed by atoms with Crippen LogP contribution in [0.4, 0.5) is 0 Å². The lowest BCUT2D eigenvalue weighted by molar-refractivity contribution is 0.0888. The van der Waals surface area contributed by atoms with Crippen LogP contribution in [-0.4, -0.2) is 57.0 Å². The van der Waals surface area contributed by atoms with Crippen LogP contribution >= 0.6 is 0 Å². The maximum atomic E-state index is 13.2. The number of aromatic nitrogens is 5. The lowest BCUT2D eigenvalue weighted by atomic mass is 10.1. The van der Waals surface area contributed by atoms with Crippen LogP contribution in [0.25, 0.3) is 10.9 Å². The molecule has 10 nitrogen and oxygen atoms in total. The molecule has 1 N–H and O–H groups in total. The molecule has 1 aliphatic heterocycles. The molecule has 0 amide bonds. The molecule has 0 spiro atoms. The van der Waals surface area contributed by atoms with Gasteiger partial charge in [-0.1, -0.05) is 19.1 Å². The second-order valence-corrected chi connectivity index (χ2v) is 9.61. The van der Waals surface area contributed by atoms with E-state index in [9.17, 15) is 4.79 Å². The van der Waals surface area contributed by atoms with Gasteiger partial charge in [-0.2, -0.15) is 0 Å². The van der Waals surface area contributed by atoms with Crippen LogP contribution in [0.1, 0.15) is 49.2 Å². The van der Waals surface area contributed by atoms with Gasteiger partial charge in [0.05, 0.1) is 38.4 Å². The Morgan fingerprint density at radius 2 is 1.89 bits per heavy atom. The largest absolute Gasteiger partial charge is 0.497 e. The van der Waals surface area contributed by atoms with E-state index in [0.29, 0.717) is 30.9 Å². The summed E-state index contributed by atoms with van der Waals surface area (Å²) in [5, 5.41) is 13.7. The van der Waals surface area contributed by atoms with Crippen molar-refractivity contribution in [2.75, 3.05) is 20.8 Å². The molecule has 2 unspecified atom stereocenters. The Bertz CT molecular complexity index is 1410. The van der Waals surface area contributed by atoms with Crippen LogP contribution < -0.4 is 15.0 Å². The van der Waals surface area contributed by atoms with Crippen LogP contribution in [0.3, 0.4) is 0 Å². The molecule has 200 valence electrons. The summed E-state index contributed by atoms with van der Waals surface area (Å²) in [6, 6.07) is 15.5. The zero-order valence-corrected chi connectivity index (χ0v) is 22.1. The number of nitrogens with one attached hydrogen (secondary N) is 1. The van der Waals surface area contributed by atoms with Crippen LogP contribution in [0.15, 0.2) is 53.3 Å². The Hall–Kier alpha value is -3.76. The third-order valence-corrected chi connectivity index (χ3v) is 7.13. The van der Waals surface area contributed by atoms with Crippen molar-refractivity contribution in [3.05, 3.63) is 75.8 Å². The third-order valence-electron chi connectivity index (χ3n) is 7.13. The van der Waals surface area contributed by atoms with Gasteiger partial charge in [-0.15, -0.1) is 5.10 Å². The molecule has 10 heteroatoms. The second kappa shape index (κ2) is 11.7. The van der Waals surface area contributed by atoms with Gasteiger partial charge >= 0.3 is 0 Å². The van der Waals surface area contributed by atoms with E-state index < -0.39 is 0 Å². The fourth-order valence-electron chi connectivity index (χ4n) is 5.10.